The molecule has 0 radical (unpaired) electrons. The lowest BCUT2D eigenvalue weighted by molar-refractivity contribution is -0.117. The van der Waals surface area contributed by atoms with E-state index in [0.29, 0.717) is 12.1 Å². The number of anilines is 1. The van der Waals surface area contributed by atoms with Crippen LogP contribution in [0.3, 0.4) is 0 Å². The molecule has 0 saturated carbocycles. The smallest absolute Gasteiger partial charge is 0.241 e. The van der Waals surface area contributed by atoms with E-state index in [1.54, 1.807) is 0 Å². The molecule has 1 rings (SSSR count). The van der Waals surface area contributed by atoms with Gasteiger partial charge in [0, 0.05) is 13.4 Å². The van der Waals surface area contributed by atoms with E-state index in [9.17, 15) is 4.79 Å². The van der Waals surface area contributed by atoms with Crippen LogP contribution in [0.25, 0.3) is 0 Å². The van der Waals surface area contributed by atoms with Crippen molar-refractivity contribution in [3.05, 3.63) is 25.6 Å². The monoisotopic (exact) mass is 426 g/mol. The van der Waals surface area contributed by atoms with E-state index in [4.69, 9.17) is 5.73 Å². The summed E-state index contributed by atoms with van der Waals surface area (Å²) in [6.45, 7) is 2.00. The third-order valence-electron chi connectivity index (χ3n) is 2.19. The Balaban J connectivity index is 2.85. The molecular formula is C11H13Br3N2O. The summed E-state index contributed by atoms with van der Waals surface area (Å²) in [4.78, 5) is 11.8. The molecule has 1 amide bonds. The van der Waals surface area contributed by atoms with E-state index in [0.717, 1.165) is 19.8 Å². The van der Waals surface area contributed by atoms with Crippen molar-refractivity contribution in [1.29, 1.82) is 0 Å². The lowest BCUT2D eigenvalue weighted by atomic mass is 10.1. The zero-order valence-electron chi connectivity index (χ0n) is 9.27. The average Bonchev–Trinajstić information content (AvgIpc) is 2.23. The minimum absolute atomic E-state index is 0.171. The maximum absolute atomic E-state index is 11.8. The maximum Gasteiger partial charge on any atom is 0.241 e. The number of nitrogens with two attached hydrogens (primary N) is 1. The van der Waals surface area contributed by atoms with Gasteiger partial charge >= 0.3 is 0 Å². The van der Waals surface area contributed by atoms with Crippen LogP contribution in [0.5, 0.6) is 0 Å². The SMILES string of the molecule is CCCC(N)C(=O)Nc1c(Br)cc(Br)cc1Br. The van der Waals surface area contributed by atoms with Crippen LogP contribution in [0.4, 0.5) is 5.69 Å². The highest BCUT2D eigenvalue weighted by atomic mass is 79.9. The summed E-state index contributed by atoms with van der Waals surface area (Å²) in [6.07, 6.45) is 1.56. The largest absolute Gasteiger partial charge is 0.323 e. The van der Waals surface area contributed by atoms with Gasteiger partial charge in [0.25, 0.3) is 0 Å². The summed E-state index contributed by atoms with van der Waals surface area (Å²) < 4.78 is 2.53. The van der Waals surface area contributed by atoms with Gasteiger partial charge in [-0.15, -0.1) is 0 Å². The minimum Gasteiger partial charge on any atom is -0.323 e. The molecular weight excluding hydrogens is 416 g/mol. The first kappa shape index (κ1) is 15.1. The first-order valence-electron chi connectivity index (χ1n) is 5.16. The Labute approximate surface area is 126 Å². The molecule has 0 aliphatic carbocycles. The number of carbonyl (C=O) groups is 1. The van der Waals surface area contributed by atoms with E-state index in [1.807, 2.05) is 19.1 Å². The van der Waals surface area contributed by atoms with Crippen molar-refractivity contribution in [3.8, 4) is 0 Å². The Kier molecular flexibility index (Phi) is 6.12. The van der Waals surface area contributed by atoms with Crippen LogP contribution in [-0.4, -0.2) is 11.9 Å². The molecule has 0 bridgehead atoms. The van der Waals surface area contributed by atoms with Crippen LogP contribution in [0, 0.1) is 0 Å². The number of amides is 1. The van der Waals surface area contributed by atoms with Gasteiger partial charge in [-0.3, -0.25) is 4.79 Å². The molecule has 0 heterocycles. The van der Waals surface area contributed by atoms with Crippen molar-refractivity contribution in [3.63, 3.8) is 0 Å². The van der Waals surface area contributed by atoms with E-state index in [2.05, 4.69) is 53.1 Å². The molecule has 0 aliphatic rings. The van der Waals surface area contributed by atoms with Crippen molar-refractivity contribution in [2.24, 2.45) is 5.73 Å². The average molecular weight is 429 g/mol. The van der Waals surface area contributed by atoms with Crippen molar-refractivity contribution < 1.29 is 4.79 Å². The highest BCUT2D eigenvalue weighted by molar-refractivity contribution is 9.11. The first-order chi connectivity index (χ1) is 7.95. The van der Waals surface area contributed by atoms with Crippen LogP contribution in [0.15, 0.2) is 25.6 Å². The molecule has 0 fully saturated rings. The second-order valence-corrected chi connectivity index (χ2v) is 6.25. The van der Waals surface area contributed by atoms with Crippen LogP contribution < -0.4 is 11.1 Å². The fourth-order valence-electron chi connectivity index (χ4n) is 1.32. The summed E-state index contributed by atoms with van der Waals surface area (Å²) in [5.41, 5.74) is 6.45. The Morgan fingerprint density at radius 3 is 2.35 bits per heavy atom. The number of carbonyl (C=O) groups excluding carboxylic acids is 1. The van der Waals surface area contributed by atoms with Gasteiger partial charge in [0.15, 0.2) is 0 Å². The summed E-state index contributed by atoms with van der Waals surface area (Å²) in [6, 6.07) is 3.26. The maximum atomic E-state index is 11.8. The normalized spacial score (nSPS) is 12.3. The number of halogens is 3. The molecule has 17 heavy (non-hydrogen) atoms. The standard InChI is InChI=1S/C11H13Br3N2O/c1-2-3-9(15)11(17)16-10-7(13)4-6(12)5-8(10)14/h4-5,9H,2-3,15H2,1H3,(H,16,17). The molecule has 1 aromatic rings. The number of hydrogen-bond acceptors (Lipinski definition) is 2. The second-order valence-electron chi connectivity index (χ2n) is 3.63. The van der Waals surface area contributed by atoms with Gasteiger partial charge in [-0.05, 0) is 50.4 Å². The lowest BCUT2D eigenvalue weighted by Crippen LogP contribution is -2.35. The molecule has 1 atom stereocenters. The summed E-state index contributed by atoms with van der Waals surface area (Å²) in [7, 11) is 0. The number of nitrogens with one attached hydrogen (secondary N) is 1. The molecule has 1 unspecified atom stereocenters. The van der Waals surface area contributed by atoms with Gasteiger partial charge in [-0.1, -0.05) is 29.3 Å². The van der Waals surface area contributed by atoms with Crippen LogP contribution in [-0.2, 0) is 4.79 Å². The Morgan fingerprint density at radius 2 is 1.88 bits per heavy atom. The van der Waals surface area contributed by atoms with Gasteiger partial charge in [-0.2, -0.15) is 0 Å². The summed E-state index contributed by atoms with van der Waals surface area (Å²) >= 11 is 10.2. The third-order valence-corrected chi connectivity index (χ3v) is 3.90. The number of rotatable bonds is 4. The fraction of sp³-hybridized carbons (Fsp3) is 0.364. The van der Waals surface area contributed by atoms with E-state index < -0.39 is 6.04 Å². The summed E-state index contributed by atoms with van der Waals surface area (Å²) in [5.74, 6) is -0.171. The van der Waals surface area contributed by atoms with Crippen molar-refractivity contribution in [2.45, 2.75) is 25.8 Å². The number of hydrogen-bond donors (Lipinski definition) is 2. The molecule has 6 heteroatoms. The Morgan fingerprint density at radius 1 is 1.35 bits per heavy atom. The Hall–Kier alpha value is 0.0900. The van der Waals surface area contributed by atoms with Crippen LogP contribution in [0.1, 0.15) is 19.8 Å². The minimum atomic E-state index is -0.470. The van der Waals surface area contributed by atoms with Crippen molar-refractivity contribution in [2.75, 3.05) is 5.32 Å². The highest BCUT2D eigenvalue weighted by Crippen LogP contribution is 2.34. The molecule has 0 aliphatic heterocycles. The van der Waals surface area contributed by atoms with Crippen molar-refractivity contribution >= 4 is 59.4 Å². The van der Waals surface area contributed by atoms with Gasteiger partial charge < -0.3 is 11.1 Å². The van der Waals surface area contributed by atoms with Gasteiger partial charge in [0.05, 0.1) is 11.7 Å². The quantitative estimate of drug-likeness (QED) is 0.760. The zero-order valence-corrected chi connectivity index (χ0v) is 14.0. The predicted molar refractivity (Wildman–Crippen MR) is 81.1 cm³/mol. The van der Waals surface area contributed by atoms with E-state index >= 15 is 0 Å². The molecule has 3 nitrogen and oxygen atoms in total. The van der Waals surface area contributed by atoms with Crippen LogP contribution >= 0.6 is 47.8 Å². The second kappa shape index (κ2) is 6.87. The molecule has 3 N–H and O–H groups in total. The molecule has 0 saturated heterocycles. The first-order valence-corrected chi connectivity index (χ1v) is 7.54. The van der Waals surface area contributed by atoms with Gasteiger partial charge in [0.2, 0.25) is 5.91 Å². The topological polar surface area (TPSA) is 55.1 Å². The predicted octanol–water partition coefficient (Wildman–Crippen LogP) is 4.04. The molecule has 0 aromatic heterocycles. The van der Waals surface area contributed by atoms with Crippen LogP contribution in [0.2, 0.25) is 0 Å². The third kappa shape index (κ3) is 4.35. The number of benzene rings is 1. The molecule has 1 aromatic carbocycles. The molecule has 0 spiro atoms. The highest BCUT2D eigenvalue weighted by Gasteiger charge is 2.15. The Bertz CT molecular complexity index is 400. The van der Waals surface area contributed by atoms with Crippen molar-refractivity contribution in [1.82, 2.24) is 0 Å². The van der Waals surface area contributed by atoms with E-state index in [1.165, 1.54) is 0 Å². The van der Waals surface area contributed by atoms with Gasteiger partial charge in [-0.25, -0.2) is 0 Å². The van der Waals surface area contributed by atoms with Gasteiger partial charge in [0.1, 0.15) is 0 Å². The zero-order chi connectivity index (χ0) is 13.0. The fourth-order valence-corrected chi connectivity index (χ4v) is 3.78. The summed E-state index contributed by atoms with van der Waals surface area (Å²) in [5, 5.41) is 2.81. The molecule has 94 valence electrons. The lowest BCUT2D eigenvalue weighted by Gasteiger charge is -2.14. The van der Waals surface area contributed by atoms with E-state index in [-0.39, 0.29) is 5.91 Å².